The van der Waals surface area contributed by atoms with Crippen molar-refractivity contribution in [3.63, 3.8) is 0 Å². The molecule has 0 unspecified atom stereocenters. The van der Waals surface area contributed by atoms with Gasteiger partial charge in [0, 0.05) is 12.7 Å². The van der Waals surface area contributed by atoms with Gasteiger partial charge in [0.1, 0.15) is 10.3 Å². The molecule has 0 saturated carbocycles. The van der Waals surface area contributed by atoms with E-state index in [1.165, 1.54) is 11.0 Å². The molecule has 1 aromatic heterocycles. The van der Waals surface area contributed by atoms with Crippen LogP contribution in [-0.4, -0.2) is 40.0 Å². The van der Waals surface area contributed by atoms with Gasteiger partial charge in [0.25, 0.3) is 15.9 Å². The van der Waals surface area contributed by atoms with Gasteiger partial charge >= 0.3 is 5.97 Å². The lowest BCUT2D eigenvalue weighted by atomic mass is 10.1. The molecule has 1 atom stereocenters. The summed E-state index contributed by atoms with van der Waals surface area (Å²) in [5.74, 6) is -1.56. The fourth-order valence-corrected chi connectivity index (χ4v) is 4.56. The number of ether oxygens (including phenoxy) is 1. The van der Waals surface area contributed by atoms with Crippen molar-refractivity contribution in [2.75, 3.05) is 18.6 Å². The predicted octanol–water partition coefficient (Wildman–Crippen LogP) is 2.26. The maximum absolute atomic E-state index is 12.4. The minimum Gasteiger partial charge on any atom is -0.454 e. The molecule has 2 rings (SSSR count). The van der Waals surface area contributed by atoms with Crippen molar-refractivity contribution in [3.05, 3.63) is 47.8 Å². The molecule has 27 heavy (non-hydrogen) atoms. The second-order valence-electron chi connectivity index (χ2n) is 6.17. The molecule has 7 nitrogen and oxygen atoms in total. The van der Waals surface area contributed by atoms with Crippen molar-refractivity contribution in [1.82, 2.24) is 4.72 Å². The third-order valence-corrected chi connectivity index (χ3v) is 6.66. The number of anilines is 1. The average molecular weight is 411 g/mol. The highest BCUT2D eigenvalue weighted by Gasteiger charge is 2.30. The highest BCUT2D eigenvalue weighted by Crippen LogP contribution is 2.18. The summed E-state index contributed by atoms with van der Waals surface area (Å²) in [7, 11) is -2.26. The fraction of sp³-hybridized carbons (Fsp3) is 0.333. The Kier molecular flexibility index (Phi) is 7.11. The van der Waals surface area contributed by atoms with E-state index < -0.39 is 34.5 Å². The van der Waals surface area contributed by atoms with Crippen LogP contribution in [0.2, 0.25) is 0 Å². The third-order valence-electron chi connectivity index (χ3n) is 3.82. The van der Waals surface area contributed by atoms with Gasteiger partial charge in [-0.3, -0.25) is 9.59 Å². The van der Waals surface area contributed by atoms with Gasteiger partial charge in [0.15, 0.2) is 6.61 Å². The molecule has 0 aliphatic rings. The van der Waals surface area contributed by atoms with Crippen molar-refractivity contribution in [1.29, 1.82) is 0 Å². The summed E-state index contributed by atoms with van der Waals surface area (Å²) < 4.78 is 32.3. The quantitative estimate of drug-likeness (QED) is 0.674. The maximum Gasteiger partial charge on any atom is 0.324 e. The smallest absolute Gasteiger partial charge is 0.324 e. The molecule has 0 fully saturated rings. The van der Waals surface area contributed by atoms with Gasteiger partial charge in [0.05, 0.1) is 0 Å². The Balaban J connectivity index is 2.00. The van der Waals surface area contributed by atoms with Crippen LogP contribution in [0.4, 0.5) is 5.69 Å². The monoisotopic (exact) mass is 410 g/mol. The minimum atomic E-state index is -3.83. The second-order valence-corrected chi connectivity index (χ2v) is 9.06. The number of hydrogen-bond acceptors (Lipinski definition) is 6. The van der Waals surface area contributed by atoms with Crippen LogP contribution in [0.15, 0.2) is 52.1 Å². The Morgan fingerprint density at radius 1 is 1.15 bits per heavy atom. The third kappa shape index (κ3) is 5.62. The van der Waals surface area contributed by atoms with Crippen molar-refractivity contribution >= 4 is 38.9 Å². The number of rotatable bonds is 8. The molecule has 0 spiro atoms. The predicted molar refractivity (Wildman–Crippen MR) is 104 cm³/mol. The summed E-state index contributed by atoms with van der Waals surface area (Å²) in [5.41, 5.74) is 0.664. The van der Waals surface area contributed by atoms with E-state index in [4.69, 9.17) is 4.74 Å². The van der Waals surface area contributed by atoms with Gasteiger partial charge in [-0.15, -0.1) is 11.3 Å². The zero-order valence-corrected chi connectivity index (χ0v) is 16.9. The zero-order chi connectivity index (χ0) is 20.0. The minimum absolute atomic E-state index is 0.112. The topological polar surface area (TPSA) is 92.8 Å². The van der Waals surface area contributed by atoms with E-state index >= 15 is 0 Å². The van der Waals surface area contributed by atoms with Gasteiger partial charge in [0.2, 0.25) is 0 Å². The van der Waals surface area contributed by atoms with Gasteiger partial charge in [-0.1, -0.05) is 38.1 Å². The van der Waals surface area contributed by atoms with Crippen molar-refractivity contribution in [2.45, 2.75) is 24.1 Å². The zero-order valence-electron chi connectivity index (χ0n) is 15.3. The summed E-state index contributed by atoms with van der Waals surface area (Å²) in [6, 6.07) is 10.9. The molecule has 9 heteroatoms. The lowest BCUT2D eigenvalue weighted by Crippen LogP contribution is -2.46. The lowest BCUT2D eigenvalue weighted by molar-refractivity contribution is -0.150. The summed E-state index contributed by atoms with van der Waals surface area (Å²) in [5, 5.41) is 1.63. The number of carbonyl (C=O) groups is 2. The van der Waals surface area contributed by atoms with Crippen LogP contribution in [-0.2, 0) is 24.3 Å². The van der Waals surface area contributed by atoms with Gasteiger partial charge in [-0.2, -0.15) is 4.72 Å². The Bertz CT molecular complexity index is 864. The SMILES string of the molecule is CC(C)[C@@H](NS(=O)(=O)c1cccs1)C(=O)OCC(=O)N(C)c1ccccc1. The van der Waals surface area contributed by atoms with Crippen LogP contribution in [0.25, 0.3) is 0 Å². The average Bonchev–Trinajstić information content (AvgIpc) is 3.19. The number of thiophene rings is 1. The van der Waals surface area contributed by atoms with Crippen molar-refractivity contribution < 1.29 is 22.7 Å². The van der Waals surface area contributed by atoms with Crippen LogP contribution < -0.4 is 9.62 Å². The first-order chi connectivity index (χ1) is 12.7. The molecule has 0 saturated heterocycles. The molecule has 0 aliphatic carbocycles. The van der Waals surface area contributed by atoms with E-state index in [2.05, 4.69) is 4.72 Å². The molecule has 1 aromatic carbocycles. The Labute approximate surface area is 163 Å². The van der Waals surface area contributed by atoms with Crippen LogP contribution in [0, 0.1) is 5.92 Å². The van der Waals surface area contributed by atoms with E-state index in [1.54, 1.807) is 56.6 Å². The first-order valence-corrected chi connectivity index (χ1v) is 10.6. The number of amides is 1. The van der Waals surface area contributed by atoms with Gasteiger partial charge in [-0.25, -0.2) is 8.42 Å². The first kappa shape index (κ1) is 21.1. The summed E-state index contributed by atoms with van der Waals surface area (Å²) >= 11 is 1.05. The number of para-hydroxylation sites is 1. The van der Waals surface area contributed by atoms with Gasteiger partial charge in [-0.05, 0) is 29.5 Å². The first-order valence-electron chi connectivity index (χ1n) is 8.26. The summed E-state index contributed by atoms with van der Waals surface area (Å²) in [6.45, 7) is 2.91. The largest absolute Gasteiger partial charge is 0.454 e. The molecule has 0 aliphatic heterocycles. The van der Waals surface area contributed by atoms with Crippen molar-refractivity contribution in [3.8, 4) is 0 Å². The molecular formula is C18H22N2O5S2. The molecule has 1 heterocycles. The number of sulfonamides is 1. The molecule has 1 amide bonds. The number of likely N-dealkylation sites (N-methyl/N-ethyl adjacent to an activating group) is 1. The van der Waals surface area contributed by atoms with Crippen LogP contribution in [0.5, 0.6) is 0 Å². The van der Waals surface area contributed by atoms with E-state index in [9.17, 15) is 18.0 Å². The molecule has 1 N–H and O–H groups in total. The number of carbonyl (C=O) groups excluding carboxylic acids is 2. The molecule has 146 valence electrons. The van der Waals surface area contributed by atoms with Crippen LogP contribution in [0.3, 0.4) is 0 Å². The number of nitrogens with zero attached hydrogens (tertiary/aromatic N) is 1. The molecular weight excluding hydrogens is 388 g/mol. The number of nitrogens with one attached hydrogen (secondary N) is 1. The molecule has 0 radical (unpaired) electrons. The van der Waals surface area contributed by atoms with E-state index in [-0.39, 0.29) is 10.1 Å². The lowest BCUT2D eigenvalue weighted by Gasteiger charge is -2.21. The summed E-state index contributed by atoms with van der Waals surface area (Å²) in [6.07, 6.45) is 0. The van der Waals surface area contributed by atoms with E-state index in [1.807, 2.05) is 6.07 Å². The summed E-state index contributed by atoms with van der Waals surface area (Å²) in [4.78, 5) is 26.0. The number of benzene rings is 1. The van der Waals surface area contributed by atoms with Gasteiger partial charge < -0.3 is 9.64 Å². The van der Waals surface area contributed by atoms with Crippen molar-refractivity contribution in [2.24, 2.45) is 5.92 Å². The number of hydrogen-bond donors (Lipinski definition) is 1. The van der Waals surface area contributed by atoms with Crippen LogP contribution in [0.1, 0.15) is 13.8 Å². The highest BCUT2D eigenvalue weighted by atomic mass is 32.2. The Morgan fingerprint density at radius 2 is 1.81 bits per heavy atom. The standard InChI is InChI=1S/C18H22N2O5S2/c1-13(2)17(19-27(23,24)16-10-7-11-26-16)18(22)25-12-15(21)20(3)14-8-5-4-6-9-14/h4-11,13,17,19H,12H2,1-3H3/t17-/m1/s1. The normalized spacial score (nSPS) is 12.6. The number of esters is 1. The maximum atomic E-state index is 12.4. The molecule has 2 aromatic rings. The van der Waals surface area contributed by atoms with E-state index in [0.29, 0.717) is 5.69 Å². The Morgan fingerprint density at radius 3 is 2.37 bits per heavy atom. The van der Waals surface area contributed by atoms with Crippen LogP contribution >= 0.6 is 11.3 Å². The Hall–Kier alpha value is -2.23. The van der Waals surface area contributed by atoms with E-state index in [0.717, 1.165) is 11.3 Å². The second kappa shape index (κ2) is 9.12. The molecule has 0 bridgehead atoms. The fourth-order valence-electron chi connectivity index (χ4n) is 2.21. The highest BCUT2D eigenvalue weighted by molar-refractivity contribution is 7.91.